The molecule has 0 aliphatic rings. The van der Waals surface area contributed by atoms with Crippen LogP contribution in [0.5, 0.6) is 5.75 Å². The van der Waals surface area contributed by atoms with E-state index in [2.05, 4.69) is 10.2 Å². The number of benzene rings is 2. The molecule has 67 valence electrons. The molecule has 2 rings (SSSR count). The number of aromatic hydroxyl groups is 1. The van der Waals surface area contributed by atoms with E-state index < -0.39 is 0 Å². The molecular formula is C12H9OSi. The lowest BCUT2D eigenvalue weighted by Gasteiger charge is -2.06. The predicted molar refractivity (Wildman–Crippen MR) is 58.9 cm³/mol. The SMILES string of the molecule is Oc1cccc(-c2ccccc2)c1[Si]. The molecule has 0 amide bonds. The van der Waals surface area contributed by atoms with Crippen molar-refractivity contribution in [2.24, 2.45) is 0 Å². The summed E-state index contributed by atoms with van der Waals surface area (Å²) in [6, 6.07) is 15.4. The molecule has 0 bridgehead atoms. The van der Waals surface area contributed by atoms with Gasteiger partial charge in [-0.1, -0.05) is 42.5 Å². The molecule has 1 N–H and O–H groups in total. The van der Waals surface area contributed by atoms with Crippen molar-refractivity contribution in [3.05, 3.63) is 48.5 Å². The molecule has 1 nitrogen and oxygen atoms in total. The third-order valence-electron chi connectivity index (χ3n) is 2.13. The van der Waals surface area contributed by atoms with Crippen molar-refractivity contribution in [2.45, 2.75) is 0 Å². The van der Waals surface area contributed by atoms with Gasteiger partial charge in [-0.25, -0.2) is 0 Å². The minimum atomic E-state index is 0.267. The van der Waals surface area contributed by atoms with Gasteiger partial charge in [-0.2, -0.15) is 0 Å². The Balaban J connectivity index is 2.58. The Hall–Kier alpha value is -1.54. The summed E-state index contributed by atoms with van der Waals surface area (Å²) in [6.45, 7) is 0. The molecule has 0 aromatic heterocycles. The zero-order valence-corrected chi connectivity index (χ0v) is 8.57. The van der Waals surface area contributed by atoms with Crippen molar-refractivity contribution in [3.8, 4) is 16.9 Å². The maximum Gasteiger partial charge on any atom is 0.114 e. The van der Waals surface area contributed by atoms with Gasteiger partial charge in [-0.15, -0.1) is 0 Å². The van der Waals surface area contributed by atoms with Crippen molar-refractivity contribution in [3.63, 3.8) is 0 Å². The standard InChI is InChI=1S/C12H9OSi/c13-11-8-4-7-10(12(11)14)9-5-2-1-3-6-9/h1-8,13H. The summed E-state index contributed by atoms with van der Waals surface area (Å²) in [6.07, 6.45) is 0. The normalized spacial score (nSPS) is 10.1. The number of hydrogen-bond acceptors (Lipinski definition) is 1. The molecule has 2 aromatic rings. The third kappa shape index (κ3) is 1.56. The average Bonchev–Trinajstić information content (AvgIpc) is 2.23. The van der Waals surface area contributed by atoms with E-state index in [-0.39, 0.29) is 5.75 Å². The van der Waals surface area contributed by atoms with Crippen molar-refractivity contribution >= 4 is 15.4 Å². The van der Waals surface area contributed by atoms with Crippen LogP contribution in [0.3, 0.4) is 0 Å². The molecule has 2 aromatic carbocycles. The van der Waals surface area contributed by atoms with Crippen LogP contribution < -0.4 is 5.19 Å². The molecule has 0 unspecified atom stereocenters. The van der Waals surface area contributed by atoms with Crippen molar-refractivity contribution in [1.82, 2.24) is 0 Å². The Morgan fingerprint density at radius 2 is 1.57 bits per heavy atom. The second-order valence-electron chi connectivity index (χ2n) is 3.07. The van der Waals surface area contributed by atoms with Crippen molar-refractivity contribution in [2.75, 3.05) is 0 Å². The van der Waals surface area contributed by atoms with E-state index in [4.69, 9.17) is 0 Å². The first-order chi connectivity index (χ1) is 6.79. The van der Waals surface area contributed by atoms with Crippen LogP contribution in [0, 0.1) is 0 Å². The zero-order valence-electron chi connectivity index (χ0n) is 7.57. The quantitative estimate of drug-likeness (QED) is 0.692. The van der Waals surface area contributed by atoms with Gasteiger partial charge >= 0.3 is 0 Å². The molecular weight excluding hydrogens is 188 g/mol. The molecule has 0 aliphatic heterocycles. The second kappa shape index (κ2) is 3.68. The smallest absolute Gasteiger partial charge is 0.114 e. The average molecular weight is 197 g/mol. The summed E-state index contributed by atoms with van der Waals surface area (Å²) >= 11 is 0. The largest absolute Gasteiger partial charge is 0.508 e. The lowest BCUT2D eigenvalue weighted by atomic mass is 10.1. The number of phenols is 1. The van der Waals surface area contributed by atoms with Crippen LogP contribution in [-0.2, 0) is 0 Å². The molecule has 0 fully saturated rings. The van der Waals surface area contributed by atoms with Gasteiger partial charge in [-0.05, 0) is 22.4 Å². The Morgan fingerprint density at radius 1 is 0.857 bits per heavy atom. The van der Waals surface area contributed by atoms with Crippen LogP contribution in [-0.4, -0.2) is 15.3 Å². The van der Waals surface area contributed by atoms with E-state index in [0.717, 1.165) is 16.3 Å². The van der Waals surface area contributed by atoms with Crippen molar-refractivity contribution < 1.29 is 5.11 Å². The van der Waals surface area contributed by atoms with E-state index in [1.54, 1.807) is 6.07 Å². The monoisotopic (exact) mass is 197 g/mol. The Morgan fingerprint density at radius 3 is 2.29 bits per heavy atom. The first-order valence-electron chi connectivity index (χ1n) is 4.38. The van der Waals surface area contributed by atoms with E-state index in [0.29, 0.717) is 0 Å². The van der Waals surface area contributed by atoms with Crippen LogP contribution in [0.2, 0.25) is 0 Å². The maximum atomic E-state index is 9.51. The van der Waals surface area contributed by atoms with E-state index in [1.165, 1.54) is 0 Å². The van der Waals surface area contributed by atoms with Gasteiger partial charge < -0.3 is 5.11 Å². The summed E-state index contributed by atoms with van der Waals surface area (Å²) in [4.78, 5) is 0. The third-order valence-corrected chi connectivity index (χ3v) is 2.65. The Bertz CT molecular complexity index is 437. The second-order valence-corrected chi connectivity index (χ2v) is 3.57. The van der Waals surface area contributed by atoms with E-state index >= 15 is 0 Å². The van der Waals surface area contributed by atoms with Gasteiger partial charge in [0.1, 0.15) is 5.75 Å². The molecule has 0 saturated heterocycles. The summed E-state index contributed by atoms with van der Waals surface area (Å²) in [7, 11) is 3.42. The van der Waals surface area contributed by atoms with Gasteiger partial charge in [0.2, 0.25) is 0 Å². The Labute approximate surface area is 86.5 Å². The highest BCUT2D eigenvalue weighted by molar-refractivity contribution is 6.37. The first kappa shape index (κ1) is 9.03. The Kier molecular flexibility index (Phi) is 2.37. The van der Waals surface area contributed by atoms with Gasteiger partial charge in [0.05, 0.1) is 10.2 Å². The number of hydrogen-bond donors (Lipinski definition) is 1. The fourth-order valence-corrected chi connectivity index (χ4v) is 1.71. The molecule has 2 heteroatoms. The highest BCUT2D eigenvalue weighted by atomic mass is 28.1. The fraction of sp³-hybridized carbons (Fsp3) is 0. The van der Waals surface area contributed by atoms with Crippen LogP contribution in [0.15, 0.2) is 48.5 Å². The molecule has 3 radical (unpaired) electrons. The summed E-state index contributed by atoms with van der Waals surface area (Å²) < 4.78 is 0. The first-order valence-corrected chi connectivity index (χ1v) is 4.88. The number of rotatable bonds is 1. The minimum absolute atomic E-state index is 0.267. The summed E-state index contributed by atoms with van der Waals surface area (Å²) in [5.74, 6) is 0.267. The molecule has 0 atom stereocenters. The zero-order chi connectivity index (χ0) is 9.97. The molecule has 14 heavy (non-hydrogen) atoms. The van der Waals surface area contributed by atoms with Crippen LogP contribution >= 0.6 is 0 Å². The van der Waals surface area contributed by atoms with Crippen molar-refractivity contribution in [1.29, 1.82) is 0 Å². The van der Waals surface area contributed by atoms with Gasteiger partial charge in [0, 0.05) is 0 Å². The lowest BCUT2D eigenvalue weighted by molar-refractivity contribution is 0.480. The van der Waals surface area contributed by atoms with Crippen LogP contribution in [0.25, 0.3) is 11.1 Å². The fourth-order valence-electron chi connectivity index (χ4n) is 1.40. The van der Waals surface area contributed by atoms with Gasteiger partial charge in [0.15, 0.2) is 0 Å². The topological polar surface area (TPSA) is 20.2 Å². The summed E-state index contributed by atoms with van der Waals surface area (Å²) in [5, 5.41) is 10.2. The molecule has 0 spiro atoms. The van der Waals surface area contributed by atoms with Gasteiger partial charge in [-0.3, -0.25) is 0 Å². The lowest BCUT2D eigenvalue weighted by Crippen LogP contribution is -2.06. The van der Waals surface area contributed by atoms with Crippen LogP contribution in [0.1, 0.15) is 0 Å². The number of phenolic OH excluding ortho intramolecular Hbond substituents is 1. The minimum Gasteiger partial charge on any atom is -0.508 e. The maximum absolute atomic E-state index is 9.51. The van der Waals surface area contributed by atoms with E-state index in [9.17, 15) is 5.11 Å². The van der Waals surface area contributed by atoms with Gasteiger partial charge in [0.25, 0.3) is 0 Å². The van der Waals surface area contributed by atoms with Crippen LogP contribution in [0.4, 0.5) is 0 Å². The summed E-state index contributed by atoms with van der Waals surface area (Å²) in [5.41, 5.74) is 2.09. The van der Waals surface area contributed by atoms with E-state index in [1.807, 2.05) is 42.5 Å². The highest BCUT2D eigenvalue weighted by Gasteiger charge is 2.03. The molecule has 0 saturated carbocycles. The highest BCUT2D eigenvalue weighted by Crippen LogP contribution is 2.19. The predicted octanol–water partition coefficient (Wildman–Crippen LogP) is 1.85. The molecule has 0 heterocycles. The molecule has 0 aliphatic carbocycles.